The van der Waals surface area contributed by atoms with Gasteiger partial charge in [0, 0.05) is 28.8 Å². The van der Waals surface area contributed by atoms with Gasteiger partial charge >= 0.3 is 57.4 Å². The van der Waals surface area contributed by atoms with Crippen molar-refractivity contribution in [3.05, 3.63) is 82.9 Å². The molecule has 0 aromatic heterocycles. The Hall–Kier alpha value is -1.83. The molecule has 0 saturated heterocycles. The molecule has 124 valence electrons. The SMILES string of the molecule is O=C1OC2(c3ccc(O)cc3Oc3cc(O)ccc32)c2ccccc21.[KH]. The number of aromatic hydroxyl groups is 2. The van der Waals surface area contributed by atoms with E-state index in [2.05, 4.69) is 0 Å². The van der Waals surface area contributed by atoms with Gasteiger partial charge in [-0.3, -0.25) is 0 Å². The Bertz CT molecular complexity index is 1010. The fourth-order valence-corrected chi connectivity index (χ4v) is 3.65. The van der Waals surface area contributed by atoms with E-state index in [4.69, 9.17) is 9.47 Å². The molecule has 2 heterocycles. The van der Waals surface area contributed by atoms with Gasteiger partial charge in [-0.2, -0.15) is 0 Å². The summed E-state index contributed by atoms with van der Waals surface area (Å²) in [7, 11) is 0. The van der Waals surface area contributed by atoms with Crippen LogP contribution in [-0.4, -0.2) is 67.6 Å². The second kappa shape index (κ2) is 6.11. The molecular weight excluding hydrogens is 359 g/mol. The van der Waals surface area contributed by atoms with Gasteiger partial charge in [-0.15, -0.1) is 0 Å². The normalized spacial score (nSPS) is 15.2. The number of benzene rings is 3. The van der Waals surface area contributed by atoms with E-state index in [1.54, 1.807) is 24.3 Å². The van der Waals surface area contributed by atoms with Crippen molar-refractivity contribution in [3.8, 4) is 23.0 Å². The first kappa shape index (κ1) is 17.6. The van der Waals surface area contributed by atoms with E-state index in [0.29, 0.717) is 33.8 Å². The Balaban J connectivity index is 0.00000168. The van der Waals surface area contributed by atoms with Crippen LogP contribution in [-0.2, 0) is 10.3 Å². The van der Waals surface area contributed by atoms with Crippen LogP contribution in [0.4, 0.5) is 0 Å². The van der Waals surface area contributed by atoms with Crippen LogP contribution in [0.1, 0.15) is 27.0 Å². The molecule has 0 aliphatic carbocycles. The van der Waals surface area contributed by atoms with Gasteiger partial charge in [0.2, 0.25) is 0 Å². The molecule has 0 atom stereocenters. The third-order valence-corrected chi connectivity index (χ3v) is 4.68. The summed E-state index contributed by atoms with van der Waals surface area (Å²) < 4.78 is 11.8. The van der Waals surface area contributed by atoms with Gasteiger partial charge in [-0.25, -0.2) is 4.79 Å². The quantitative estimate of drug-likeness (QED) is 0.469. The number of fused-ring (bicyclic) bond motifs is 6. The summed E-state index contributed by atoms with van der Waals surface area (Å²) in [5, 5.41) is 19.7. The van der Waals surface area contributed by atoms with E-state index in [1.165, 1.54) is 24.3 Å². The van der Waals surface area contributed by atoms with E-state index in [1.807, 2.05) is 12.1 Å². The summed E-state index contributed by atoms with van der Waals surface area (Å²) in [6, 6.07) is 16.6. The number of carbonyl (C=O) groups excluding carboxylic acids is 1. The fourth-order valence-electron chi connectivity index (χ4n) is 3.65. The zero-order valence-electron chi connectivity index (χ0n) is 12.9. The Morgan fingerprint density at radius 1 is 0.769 bits per heavy atom. The fraction of sp³-hybridized carbons (Fsp3) is 0.0500. The van der Waals surface area contributed by atoms with E-state index in [0.717, 1.165) is 0 Å². The number of hydrogen-bond acceptors (Lipinski definition) is 5. The number of carbonyl (C=O) groups is 1. The summed E-state index contributed by atoms with van der Waals surface area (Å²) in [5.74, 6) is 0.408. The summed E-state index contributed by atoms with van der Waals surface area (Å²) in [6.07, 6.45) is 0. The average molecular weight is 372 g/mol. The predicted molar refractivity (Wildman–Crippen MR) is 95.2 cm³/mol. The Morgan fingerprint density at radius 3 is 1.96 bits per heavy atom. The molecule has 3 aromatic rings. The molecule has 0 radical (unpaired) electrons. The van der Waals surface area contributed by atoms with Crippen molar-refractivity contribution in [2.75, 3.05) is 0 Å². The summed E-state index contributed by atoms with van der Waals surface area (Å²) in [4.78, 5) is 12.5. The van der Waals surface area contributed by atoms with Crippen molar-refractivity contribution < 1.29 is 24.5 Å². The monoisotopic (exact) mass is 372 g/mol. The van der Waals surface area contributed by atoms with Gasteiger partial charge in [0.15, 0.2) is 5.60 Å². The molecular formula is C20H13KO5. The van der Waals surface area contributed by atoms with Gasteiger partial charge in [-0.05, 0) is 30.3 Å². The van der Waals surface area contributed by atoms with Crippen molar-refractivity contribution in [1.29, 1.82) is 0 Å². The predicted octanol–water partition coefficient (Wildman–Crippen LogP) is 3.02. The van der Waals surface area contributed by atoms with Crippen LogP contribution in [0.5, 0.6) is 23.0 Å². The minimum atomic E-state index is -1.17. The van der Waals surface area contributed by atoms with E-state index in [9.17, 15) is 15.0 Å². The second-order valence-electron chi connectivity index (χ2n) is 6.08. The summed E-state index contributed by atoms with van der Waals surface area (Å²) in [6.45, 7) is 0. The Morgan fingerprint density at radius 2 is 1.35 bits per heavy atom. The molecule has 2 N–H and O–H groups in total. The summed E-state index contributed by atoms with van der Waals surface area (Å²) >= 11 is 0. The zero-order chi connectivity index (χ0) is 17.2. The van der Waals surface area contributed by atoms with Crippen LogP contribution in [0.15, 0.2) is 60.7 Å². The maximum absolute atomic E-state index is 12.5. The van der Waals surface area contributed by atoms with Gasteiger partial charge in [-0.1, -0.05) is 18.2 Å². The van der Waals surface area contributed by atoms with Gasteiger partial charge in [0.1, 0.15) is 23.0 Å². The molecule has 5 nitrogen and oxygen atoms in total. The minimum absolute atomic E-state index is 0. The standard InChI is InChI=1S/C20H12O5.K.H/c21-11-5-7-15-17(9-11)24-18-10-12(22)6-8-16(18)20(15)14-4-2-1-3-13(14)19(23)25-20;;/h1-10,21-22H;;. The third-order valence-electron chi connectivity index (χ3n) is 4.68. The van der Waals surface area contributed by atoms with Crippen LogP contribution >= 0.6 is 0 Å². The molecule has 1 spiro atoms. The van der Waals surface area contributed by atoms with E-state index < -0.39 is 11.6 Å². The molecule has 2 aliphatic rings. The Kier molecular flexibility index (Phi) is 4.13. The maximum atomic E-state index is 12.5. The van der Waals surface area contributed by atoms with Crippen LogP contribution < -0.4 is 4.74 Å². The van der Waals surface area contributed by atoms with Gasteiger partial charge in [0.05, 0.1) is 5.56 Å². The van der Waals surface area contributed by atoms with Crippen LogP contribution in [0.3, 0.4) is 0 Å². The molecule has 2 aliphatic heterocycles. The average Bonchev–Trinajstić information content (AvgIpc) is 2.88. The van der Waals surface area contributed by atoms with Gasteiger partial charge in [0.25, 0.3) is 0 Å². The van der Waals surface area contributed by atoms with E-state index in [-0.39, 0.29) is 62.9 Å². The number of phenols is 2. The molecule has 6 heteroatoms. The topological polar surface area (TPSA) is 76.0 Å². The molecule has 0 bridgehead atoms. The molecule has 0 saturated carbocycles. The van der Waals surface area contributed by atoms with E-state index >= 15 is 0 Å². The molecule has 3 aromatic carbocycles. The summed E-state index contributed by atoms with van der Waals surface area (Å²) in [5.41, 5.74) is 1.28. The van der Waals surface area contributed by atoms with Crippen molar-refractivity contribution in [3.63, 3.8) is 0 Å². The zero-order valence-corrected chi connectivity index (χ0v) is 12.9. The third kappa shape index (κ3) is 2.27. The Labute approximate surface area is 191 Å². The number of esters is 1. The first-order chi connectivity index (χ1) is 12.1. The number of phenolic OH excluding ortho intramolecular Hbond substituents is 2. The molecule has 0 amide bonds. The molecule has 26 heavy (non-hydrogen) atoms. The molecule has 0 unspecified atom stereocenters. The van der Waals surface area contributed by atoms with Crippen molar-refractivity contribution >= 4 is 57.4 Å². The number of ether oxygens (including phenoxy) is 2. The first-order valence-electron chi connectivity index (χ1n) is 7.77. The first-order valence-corrected chi connectivity index (χ1v) is 7.77. The van der Waals surface area contributed by atoms with Crippen molar-refractivity contribution in [2.24, 2.45) is 0 Å². The van der Waals surface area contributed by atoms with Crippen LogP contribution in [0, 0.1) is 0 Å². The number of hydrogen-bond donors (Lipinski definition) is 2. The van der Waals surface area contributed by atoms with Crippen molar-refractivity contribution in [1.82, 2.24) is 0 Å². The number of rotatable bonds is 0. The van der Waals surface area contributed by atoms with Crippen LogP contribution in [0.25, 0.3) is 0 Å². The van der Waals surface area contributed by atoms with Crippen molar-refractivity contribution in [2.45, 2.75) is 5.60 Å². The molecule has 0 fully saturated rings. The second-order valence-corrected chi connectivity index (χ2v) is 6.08. The van der Waals surface area contributed by atoms with Crippen LogP contribution in [0.2, 0.25) is 0 Å². The van der Waals surface area contributed by atoms with Gasteiger partial charge < -0.3 is 19.7 Å². The molecule has 5 rings (SSSR count).